The lowest BCUT2D eigenvalue weighted by Gasteiger charge is -2.04. The molecule has 0 unspecified atom stereocenters. The average Bonchev–Trinajstić information content (AvgIpc) is 3.12. The van der Waals surface area contributed by atoms with Gasteiger partial charge in [-0.2, -0.15) is 15.1 Å². The number of sulfone groups is 1. The topological polar surface area (TPSA) is 115 Å². The molecule has 0 saturated heterocycles. The summed E-state index contributed by atoms with van der Waals surface area (Å²) in [6, 6.07) is 11.9. The Labute approximate surface area is 171 Å². The Morgan fingerprint density at radius 3 is 2.76 bits per heavy atom. The minimum Gasteiger partial charge on any atom is -0.267 e. The number of imidazole rings is 1. The number of benzene rings is 1. The van der Waals surface area contributed by atoms with Gasteiger partial charge in [-0.25, -0.2) is 18.4 Å². The molecular weight excluding hydrogens is 414 g/mol. The van der Waals surface area contributed by atoms with Gasteiger partial charge in [0.2, 0.25) is 5.28 Å². The van der Waals surface area contributed by atoms with Crippen LogP contribution in [0.5, 0.6) is 0 Å². The lowest BCUT2D eigenvalue weighted by molar-refractivity contribution is 0.602. The standard InChI is InChI=1S/C18H14ClN7O2S/c1-29(27,28)13-6-4-5-12(9-13)10-22-25-16-15-17(24-18(19)23-16)26(11-21-15)14-7-2-3-8-20-14/h2-11H,1H3,(H,23,24,25)/b22-10+. The number of pyridine rings is 1. The monoisotopic (exact) mass is 427 g/mol. The number of hydrogen-bond donors (Lipinski definition) is 1. The first-order valence-electron chi connectivity index (χ1n) is 8.33. The Morgan fingerprint density at radius 1 is 1.14 bits per heavy atom. The van der Waals surface area contributed by atoms with Gasteiger partial charge in [-0.05, 0) is 41.4 Å². The van der Waals surface area contributed by atoms with Crippen LogP contribution in [0, 0.1) is 0 Å². The van der Waals surface area contributed by atoms with E-state index >= 15 is 0 Å². The summed E-state index contributed by atoms with van der Waals surface area (Å²) in [6.45, 7) is 0. The van der Waals surface area contributed by atoms with Crippen LogP contribution >= 0.6 is 11.6 Å². The van der Waals surface area contributed by atoms with Crippen molar-refractivity contribution in [2.45, 2.75) is 4.90 Å². The number of nitrogens with one attached hydrogen (secondary N) is 1. The molecule has 4 aromatic rings. The van der Waals surface area contributed by atoms with Crippen molar-refractivity contribution in [1.82, 2.24) is 24.5 Å². The molecule has 1 aromatic carbocycles. The first kappa shape index (κ1) is 19.0. The maximum atomic E-state index is 11.7. The highest BCUT2D eigenvalue weighted by Crippen LogP contribution is 2.22. The SMILES string of the molecule is CS(=O)(=O)c1cccc(/C=N/Nc2nc(Cl)nc3c2ncn3-c2ccccn2)c1. The van der Waals surface area contributed by atoms with Crippen LogP contribution in [-0.2, 0) is 9.84 Å². The Hall–Kier alpha value is -3.37. The third kappa shape index (κ3) is 4.08. The van der Waals surface area contributed by atoms with Crippen molar-refractivity contribution >= 4 is 44.6 Å². The van der Waals surface area contributed by atoms with Crippen molar-refractivity contribution in [3.05, 3.63) is 65.8 Å². The predicted molar refractivity (Wildman–Crippen MR) is 110 cm³/mol. The molecule has 9 nitrogen and oxygen atoms in total. The van der Waals surface area contributed by atoms with Gasteiger partial charge in [0.1, 0.15) is 12.1 Å². The fourth-order valence-electron chi connectivity index (χ4n) is 2.61. The zero-order valence-corrected chi connectivity index (χ0v) is 16.6. The van der Waals surface area contributed by atoms with Crippen LogP contribution in [0.2, 0.25) is 5.28 Å². The molecule has 0 aliphatic carbocycles. The smallest absolute Gasteiger partial charge is 0.226 e. The predicted octanol–water partition coefficient (Wildman–Crippen LogP) is 2.71. The third-order valence-corrected chi connectivity index (χ3v) is 5.21. The summed E-state index contributed by atoms with van der Waals surface area (Å²) in [5.41, 5.74) is 4.33. The number of halogens is 1. The minimum atomic E-state index is -3.30. The molecule has 0 atom stereocenters. The number of aromatic nitrogens is 5. The van der Waals surface area contributed by atoms with Gasteiger partial charge in [0.25, 0.3) is 0 Å². The molecule has 1 N–H and O–H groups in total. The summed E-state index contributed by atoms with van der Waals surface area (Å²) in [5.74, 6) is 0.946. The third-order valence-electron chi connectivity index (χ3n) is 3.94. The molecule has 0 radical (unpaired) electrons. The molecule has 0 amide bonds. The van der Waals surface area contributed by atoms with Gasteiger partial charge in [0, 0.05) is 12.5 Å². The number of nitrogens with zero attached hydrogens (tertiary/aromatic N) is 6. The number of anilines is 1. The van der Waals surface area contributed by atoms with Crippen LogP contribution in [0.15, 0.2) is 65.0 Å². The average molecular weight is 428 g/mol. The van der Waals surface area contributed by atoms with Gasteiger partial charge in [0.05, 0.1) is 11.1 Å². The van der Waals surface area contributed by atoms with Crippen molar-refractivity contribution in [1.29, 1.82) is 0 Å². The van der Waals surface area contributed by atoms with Crippen molar-refractivity contribution < 1.29 is 8.42 Å². The van der Waals surface area contributed by atoms with Crippen LogP contribution in [0.1, 0.15) is 5.56 Å². The molecule has 0 fully saturated rings. The second kappa shape index (κ2) is 7.57. The van der Waals surface area contributed by atoms with Crippen LogP contribution in [-0.4, -0.2) is 45.4 Å². The summed E-state index contributed by atoms with van der Waals surface area (Å²) in [7, 11) is -3.30. The molecule has 0 aliphatic heterocycles. The van der Waals surface area contributed by atoms with Gasteiger partial charge in [-0.1, -0.05) is 18.2 Å². The van der Waals surface area contributed by atoms with Gasteiger partial charge >= 0.3 is 0 Å². The molecule has 3 aromatic heterocycles. The van der Waals surface area contributed by atoms with Crippen molar-refractivity contribution in [3.63, 3.8) is 0 Å². The zero-order valence-electron chi connectivity index (χ0n) is 15.1. The lowest BCUT2D eigenvalue weighted by atomic mass is 10.2. The molecule has 0 saturated carbocycles. The van der Waals surface area contributed by atoms with Crippen LogP contribution in [0.3, 0.4) is 0 Å². The summed E-state index contributed by atoms with van der Waals surface area (Å²) in [5, 5.41) is 4.14. The quantitative estimate of drug-likeness (QED) is 0.296. The van der Waals surface area contributed by atoms with Crippen molar-refractivity contribution in [3.8, 4) is 5.82 Å². The van der Waals surface area contributed by atoms with E-state index in [1.165, 1.54) is 18.3 Å². The summed E-state index contributed by atoms with van der Waals surface area (Å²) in [4.78, 5) is 17.2. The summed E-state index contributed by atoms with van der Waals surface area (Å²) < 4.78 is 25.0. The Balaban J connectivity index is 1.65. The first-order valence-corrected chi connectivity index (χ1v) is 10.6. The normalized spacial score (nSPS) is 11.9. The van der Waals surface area contributed by atoms with E-state index in [9.17, 15) is 8.42 Å². The van der Waals surface area contributed by atoms with Crippen LogP contribution in [0.25, 0.3) is 17.0 Å². The number of rotatable bonds is 5. The van der Waals surface area contributed by atoms with Gasteiger partial charge in [-0.3, -0.25) is 9.99 Å². The Bertz CT molecular complexity index is 1320. The van der Waals surface area contributed by atoms with Crippen LogP contribution < -0.4 is 5.43 Å². The summed E-state index contributed by atoms with van der Waals surface area (Å²) in [6.07, 6.45) is 5.87. The second-order valence-electron chi connectivity index (χ2n) is 6.03. The Kier molecular flexibility index (Phi) is 4.95. The largest absolute Gasteiger partial charge is 0.267 e. The Morgan fingerprint density at radius 2 is 2.00 bits per heavy atom. The number of hydrazone groups is 1. The van der Waals surface area contributed by atoms with E-state index in [1.54, 1.807) is 29.2 Å². The van der Waals surface area contributed by atoms with Gasteiger partial charge in [0.15, 0.2) is 26.8 Å². The second-order valence-corrected chi connectivity index (χ2v) is 8.38. The summed E-state index contributed by atoms with van der Waals surface area (Å²) >= 11 is 6.06. The van der Waals surface area contributed by atoms with Crippen molar-refractivity contribution in [2.75, 3.05) is 11.7 Å². The van der Waals surface area contributed by atoms with E-state index < -0.39 is 9.84 Å². The molecule has 146 valence electrons. The van der Waals surface area contributed by atoms with Gasteiger partial charge < -0.3 is 0 Å². The van der Waals surface area contributed by atoms with E-state index in [2.05, 4.69) is 30.5 Å². The molecule has 0 aliphatic rings. The molecule has 11 heteroatoms. The highest BCUT2D eigenvalue weighted by Gasteiger charge is 2.14. The maximum Gasteiger partial charge on any atom is 0.226 e. The van der Waals surface area contributed by atoms with E-state index in [0.717, 1.165) is 6.26 Å². The fraction of sp³-hybridized carbons (Fsp3) is 0.0556. The number of hydrogen-bond acceptors (Lipinski definition) is 8. The first-order chi connectivity index (χ1) is 13.9. The zero-order chi connectivity index (χ0) is 20.4. The molecule has 3 heterocycles. The van der Waals surface area contributed by atoms with Gasteiger partial charge in [-0.15, -0.1) is 0 Å². The molecular formula is C18H14ClN7O2S. The fourth-order valence-corrected chi connectivity index (χ4v) is 3.45. The molecule has 0 spiro atoms. The maximum absolute atomic E-state index is 11.7. The minimum absolute atomic E-state index is 0.0203. The highest BCUT2D eigenvalue weighted by molar-refractivity contribution is 7.90. The van der Waals surface area contributed by atoms with Crippen molar-refractivity contribution in [2.24, 2.45) is 5.10 Å². The highest BCUT2D eigenvalue weighted by atomic mass is 35.5. The molecule has 29 heavy (non-hydrogen) atoms. The number of fused-ring (bicyclic) bond motifs is 1. The van der Waals surface area contributed by atoms with Crippen LogP contribution in [0.4, 0.5) is 5.82 Å². The van der Waals surface area contributed by atoms with E-state index in [0.29, 0.717) is 28.4 Å². The van der Waals surface area contributed by atoms with E-state index in [4.69, 9.17) is 11.6 Å². The van der Waals surface area contributed by atoms with E-state index in [-0.39, 0.29) is 10.2 Å². The lowest BCUT2D eigenvalue weighted by Crippen LogP contribution is -2.01. The van der Waals surface area contributed by atoms with E-state index in [1.807, 2.05) is 18.2 Å². The molecule has 0 bridgehead atoms. The molecule has 4 rings (SSSR count).